The molecule has 4 heteroatoms. The van der Waals surface area contributed by atoms with E-state index in [1.54, 1.807) is 12.4 Å². The van der Waals surface area contributed by atoms with Gasteiger partial charge in [0.2, 0.25) is 0 Å². The van der Waals surface area contributed by atoms with Crippen LogP contribution in [0.2, 0.25) is 0 Å². The second kappa shape index (κ2) is 4.16. The maximum atomic E-state index is 4.07. The number of hydrogen-bond donors (Lipinski definition) is 1. The average Bonchev–Trinajstić information content (AvgIpc) is 2.59. The highest BCUT2D eigenvalue weighted by molar-refractivity contribution is 9.10. The Labute approximate surface area is 98.4 Å². The van der Waals surface area contributed by atoms with Gasteiger partial charge >= 0.3 is 0 Å². The van der Waals surface area contributed by atoms with Gasteiger partial charge in [0.15, 0.2) is 0 Å². The molecule has 2 rings (SSSR count). The van der Waals surface area contributed by atoms with Crippen molar-refractivity contribution >= 4 is 42.8 Å². The first kappa shape index (κ1) is 9.75. The molecule has 2 aromatic rings. The quantitative estimate of drug-likeness (QED) is 0.587. The van der Waals surface area contributed by atoms with Crippen molar-refractivity contribution in [2.75, 3.05) is 5.33 Å². The topological polar surface area (TPSA) is 28.7 Å². The third kappa shape index (κ3) is 1.70. The van der Waals surface area contributed by atoms with Gasteiger partial charge in [0.1, 0.15) is 0 Å². The number of pyridine rings is 1. The van der Waals surface area contributed by atoms with Crippen LogP contribution in [0.3, 0.4) is 0 Å². The van der Waals surface area contributed by atoms with Crippen molar-refractivity contribution in [2.24, 2.45) is 0 Å². The molecule has 2 aromatic heterocycles. The van der Waals surface area contributed by atoms with Gasteiger partial charge in [-0.1, -0.05) is 27.8 Å². The summed E-state index contributed by atoms with van der Waals surface area (Å²) in [7, 11) is 0. The Bertz CT molecular complexity index is 520. The summed E-state index contributed by atoms with van der Waals surface area (Å²) in [6.45, 7) is 0. The van der Waals surface area contributed by atoms with Gasteiger partial charge in [-0.2, -0.15) is 0 Å². The van der Waals surface area contributed by atoms with E-state index < -0.39 is 0 Å². The van der Waals surface area contributed by atoms with Crippen LogP contribution in [0.15, 0.2) is 23.1 Å². The first-order valence-corrected chi connectivity index (χ1v) is 5.90. The number of nitrogens with one attached hydrogen (secondary N) is 1. The Morgan fingerprint density at radius 2 is 2.29 bits per heavy atom. The van der Waals surface area contributed by atoms with Crippen LogP contribution >= 0.6 is 31.9 Å². The minimum Gasteiger partial charge on any atom is -0.359 e. The Hall–Kier alpha value is -0.790. The molecule has 70 valence electrons. The fourth-order valence-electron chi connectivity index (χ4n) is 1.27. The molecular formula is C10H6Br2N2. The van der Waals surface area contributed by atoms with Gasteiger partial charge < -0.3 is 4.98 Å². The van der Waals surface area contributed by atoms with Crippen LogP contribution in [0.5, 0.6) is 0 Å². The van der Waals surface area contributed by atoms with Gasteiger partial charge in [0.05, 0.1) is 22.6 Å². The van der Waals surface area contributed by atoms with Gasteiger partial charge in [-0.15, -0.1) is 0 Å². The molecule has 0 saturated heterocycles. The largest absolute Gasteiger partial charge is 0.359 e. The summed E-state index contributed by atoms with van der Waals surface area (Å²) in [4.78, 5) is 7.20. The number of alkyl halides is 1. The molecule has 0 amide bonds. The molecule has 0 bridgehead atoms. The van der Waals surface area contributed by atoms with Crippen molar-refractivity contribution in [1.82, 2.24) is 9.97 Å². The van der Waals surface area contributed by atoms with E-state index in [4.69, 9.17) is 0 Å². The van der Waals surface area contributed by atoms with Crippen LogP contribution < -0.4 is 0 Å². The zero-order chi connectivity index (χ0) is 9.97. The molecular weight excluding hydrogens is 308 g/mol. The summed E-state index contributed by atoms with van der Waals surface area (Å²) in [6.07, 6.45) is 5.46. The van der Waals surface area contributed by atoms with Crippen LogP contribution in [-0.2, 0) is 0 Å². The van der Waals surface area contributed by atoms with Gasteiger partial charge in [-0.05, 0) is 15.9 Å². The molecule has 0 fully saturated rings. The summed E-state index contributed by atoms with van der Waals surface area (Å²) < 4.78 is 0.968. The first-order chi connectivity index (χ1) is 6.83. The lowest BCUT2D eigenvalue weighted by molar-refractivity contribution is 1.33. The SMILES string of the molecule is BrCC#Cc1c[nH]c2cncc(Br)c12. The van der Waals surface area contributed by atoms with Crippen molar-refractivity contribution < 1.29 is 0 Å². The smallest absolute Gasteiger partial charge is 0.0664 e. The lowest BCUT2D eigenvalue weighted by Crippen LogP contribution is -1.76. The number of fused-ring (bicyclic) bond motifs is 1. The van der Waals surface area contributed by atoms with E-state index >= 15 is 0 Å². The van der Waals surface area contributed by atoms with Crippen LogP contribution in [0.25, 0.3) is 10.9 Å². The monoisotopic (exact) mass is 312 g/mol. The Balaban J connectivity index is 2.67. The summed E-state index contributed by atoms with van der Waals surface area (Å²) in [5.41, 5.74) is 1.99. The summed E-state index contributed by atoms with van der Waals surface area (Å²) in [5.74, 6) is 6.05. The first-order valence-electron chi connectivity index (χ1n) is 3.98. The molecule has 1 N–H and O–H groups in total. The third-order valence-electron chi connectivity index (χ3n) is 1.83. The molecule has 0 atom stereocenters. The van der Waals surface area contributed by atoms with Gasteiger partial charge in [0, 0.05) is 22.3 Å². The highest BCUT2D eigenvalue weighted by Crippen LogP contribution is 2.24. The van der Waals surface area contributed by atoms with Crippen molar-refractivity contribution in [3.05, 3.63) is 28.6 Å². The lowest BCUT2D eigenvalue weighted by Gasteiger charge is -1.92. The number of halogens is 2. The number of H-pyrrole nitrogens is 1. The fraction of sp³-hybridized carbons (Fsp3) is 0.100. The van der Waals surface area contributed by atoms with Gasteiger partial charge in [0.25, 0.3) is 0 Å². The normalized spacial score (nSPS) is 9.86. The summed E-state index contributed by atoms with van der Waals surface area (Å²) >= 11 is 6.73. The average molecular weight is 314 g/mol. The van der Waals surface area contributed by atoms with Crippen molar-refractivity contribution in [3.8, 4) is 11.8 Å². The van der Waals surface area contributed by atoms with E-state index in [0.29, 0.717) is 5.33 Å². The molecule has 0 unspecified atom stereocenters. The maximum absolute atomic E-state index is 4.07. The van der Waals surface area contributed by atoms with Crippen molar-refractivity contribution in [2.45, 2.75) is 0 Å². The number of aromatic nitrogens is 2. The minimum absolute atomic E-state index is 0.683. The molecule has 0 aliphatic heterocycles. The zero-order valence-electron chi connectivity index (χ0n) is 7.14. The highest BCUT2D eigenvalue weighted by Gasteiger charge is 2.04. The second-order valence-electron chi connectivity index (χ2n) is 2.68. The number of nitrogens with zero attached hydrogens (tertiary/aromatic N) is 1. The van der Waals surface area contributed by atoms with E-state index in [-0.39, 0.29) is 0 Å². The van der Waals surface area contributed by atoms with Crippen molar-refractivity contribution in [3.63, 3.8) is 0 Å². The van der Waals surface area contributed by atoms with Crippen LogP contribution in [0, 0.1) is 11.8 Å². The fourth-order valence-corrected chi connectivity index (χ4v) is 1.95. The van der Waals surface area contributed by atoms with E-state index in [1.165, 1.54) is 0 Å². The molecule has 0 aliphatic rings. The molecule has 0 aromatic carbocycles. The Morgan fingerprint density at radius 1 is 1.43 bits per heavy atom. The molecule has 14 heavy (non-hydrogen) atoms. The van der Waals surface area contributed by atoms with Crippen LogP contribution in [-0.4, -0.2) is 15.3 Å². The number of rotatable bonds is 0. The standard InChI is InChI=1S/C10H6Br2N2/c11-3-1-2-7-4-14-9-6-13-5-8(12)10(7)9/h4-6,14H,3H2. The minimum atomic E-state index is 0.683. The van der Waals surface area contributed by atoms with Gasteiger partial charge in [-0.25, -0.2) is 0 Å². The lowest BCUT2D eigenvalue weighted by atomic mass is 10.2. The Morgan fingerprint density at radius 3 is 3.07 bits per heavy atom. The predicted molar refractivity (Wildman–Crippen MR) is 64.5 cm³/mol. The van der Waals surface area contributed by atoms with Crippen LogP contribution in [0.1, 0.15) is 5.56 Å². The second-order valence-corrected chi connectivity index (χ2v) is 4.10. The molecule has 0 saturated carbocycles. The molecule has 2 nitrogen and oxygen atoms in total. The van der Waals surface area contributed by atoms with Crippen molar-refractivity contribution in [1.29, 1.82) is 0 Å². The van der Waals surface area contributed by atoms with E-state index in [2.05, 4.69) is 53.7 Å². The van der Waals surface area contributed by atoms with E-state index in [9.17, 15) is 0 Å². The molecule has 0 aliphatic carbocycles. The summed E-state index contributed by atoms with van der Waals surface area (Å²) in [5, 5.41) is 1.77. The summed E-state index contributed by atoms with van der Waals surface area (Å²) in [6, 6.07) is 0. The van der Waals surface area contributed by atoms with Gasteiger partial charge in [-0.3, -0.25) is 4.98 Å². The molecule has 0 radical (unpaired) electrons. The third-order valence-corrected chi connectivity index (χ3v) is 2.71. The molecule has 0 spiro atoms. The zero-order valence-corrected chi connectivity index (χ0v) is 10.3. The maximum Gasteiger partial charge on any atom is 0.0664 e. The number of aromatic amines is 1. The molecule has 2 heterocycles. The van der Waals surface area contributed by atoms with E-state index in [1.807, 2.05) is 6.20 Å². The predicted octanol–water partition coefficient (Wildman–Crippen LogP) is 3.07. The van der Waals surface area contributed by atoms with Crippen LogP contribution in [0.4, 0.5) is 0 Å². The number of hydrogen-bond acceptors (Lipinski definition) is 1. The highest BCUT2D eigenvalue weighted by atomic mass is 79.9. The van der Waals surface area contributed by atoms with E-state index in [0.717, 1.165) is 20.9 Å². The Kier molecular flexibility index (Phi) is 2.90.